The van der Waals surface area contributed by atoms with Gasteiger partial charge in [-0.2, -0.15) is 0 Å². The summed E-state index contributed by atoms with van der Waals surface area (Å²) in [5.41, 5.74) is 0. The first kappa shape index (κ1) is 33.9. The summed E-state index contributed by atoms with van der Waals surface area (Å²) in [5, 5.41) is 0. The van der Waals surface area contributed by atoms with Crippen molar-refractivity contribution in [2.75, 3.05) is 60.3 Å². The van der Waals surface area contributed by atoms with E-state index in [4.69, 9.17) is 0 Å². The third kappa shape index (κ3) is 20.8. The van der Waals surface area contributed by atoms with E-state index in [-0.39, 0.29) is 0 Å². The third-order valence-electron chi connectivity index (χ3n) is 7.94. The summed E-state index contributed by atoms with van der Waals surface area (Å²) in [6.07, 6.45) is 29.9. The smallest absolute Gasteiger partial charge is 0.0530 e. The number of unbranched alkanes of at least 4 members (excludes halogenated alkanes) is 18. The molecule has 0 N–H and O–H groups in total. The van der Waals surface area contributed by atoms with Gasteiger partial charge in [-0.3, -0.25) is 14.7 Å². The first-order valence-corrected chi connectivity index (χ1v) is 16.5. The van der Waals surface area contributed by atoms with Gasteiger partial charge < -0.3 is 4.90 Å². The van der Waals surface area contributed by atoms with E-state index in [1.807, 2.05) is 0 Å². The summed E-state index contributed by atoms with van der Waals surface area (Å²) in [7, 11) is 4.40. The van der Waals surface area contributed by atoms with Crippen molar-refractivity contribution in [1.82, 2.24) is 19.6 Å². The Balaban J connectivity index is 2.19. The van der Waals surface area contributed by atoms with Crippen molar-refractivity contribution < 1.29 is 0 Å². The summed E-state index contributed by atoms with van der Waals surface area (Å²) in [5.74, 6) is 0. The number of rotatable bonds is 26. The molecular formula is C32H68N4. The molecule has 216 valence electrons. The van der Waals surface area contributed by atoms with Crippen LogP contribution in [-0.2, 0) is 0 Å². The molecule has 0 saturated carbocycles. The molecule has 1 aliphatic heterocycles. The molecular weight excluding hydrogens is 440 g/mol. The van der Waals surface area contributed by atoms with E-state index in [1.54, 1.807) is 0 Å². The Morgan fingerprint density at radius 3 is 0.972 bits per heavy atom. The maximum atomic E-state index is 2.74. The highest BCUT2D eigenvalue weighted by Gasteiger charge is 2.22. The second-order valence-electron chi connectivity index (χ2n) is 12.1. The summed E-state index contributed by atoms with van der Waals surface area (Å²) < 4.78 is 0. The normalized spacial score (nSPS) is 15.9. The molecule has 4 nitrogen and oxygen atoms in total. The second kappa shape index (κ2) is 25.1. The largest absolute Gasteiger partial charge is 0.309 e. The van der Waals surface area contributed by atoms with E-state index in [1.165, 1.54) is 181 Å². The summed E-state index contributed by atoms with van der Waals surface area (Å²) in [6.45, 7) is 13.2. The Bertz CT molecular complexity index is 410. The molecule has 0 amide bonds. The molecule has 0 spiro atoms. The molecule has 4 heteroatoms. The van der Waals surface area contributed by atoms with Crippen molar-refractivity contribution in [3.63, 3.8) is 0 Å². The van der Waals surface area contributed by atoms with Gasteiger partial charge in [-0.15, -0.1) is 0 Å². The lowest BCUT2D eigenvalue weighted by atomic mass is 10.1. The van der Waals surface area contributed by atoms with Gasteiger partial charge in [0.1, 0.15) is 0 Å². The van der Waals surface area contributed by atoms with Crippen molar-refractivity contribution >= 4 is 0 Å². The van der Waals surface area contributed by atoms with Gasteiger partial charge in [0.05, 0.1) is 20.0 Å². The van der Waals surface area contributed by atoms with Gasteiger partial charge in [-0.05, 0) is 39.9 Å². The van der Waals surface area contributed by atoms with Crippen molar-refractivity contribution in [3.05, 3.63) is 0 Å². The van der Waals surface area contributed by atoms with Gasteiger partial charge in [0, 0.05) is 19.6 Å². The Labute approximate surface area is 228 Å². The van der Waals surface area contributed by atoms with E-state index in [9.17, 15) is 0 Å². The molecule has 0 unspecified atom stereocenters. The van der Waals surface area contributed by atoms with Crippen LogP contribution in [0.5, 0.6) is 0 Å². The molecule has 36 heavy (non-hydrogen) atoms. The molecule has 1 fully saturated rings. The van der Waals surface area contributed by atoms with Crippen LogP contribution >= 0.6 is 0 Å². The molecule has 0 bridgehead atoms. The van der Waals surface area contributed by atoms with Crippen molar-refractivity contribution in [2.45, 2.75) is 149 Å². The van der Waals surface area contributed by atoms with Crippen LogP contribution < -0.4 is 0 Å². The van der Waals surface area contributed by atoms with Gasteiger partial charge in [0.2, 0.25) is 0 Å². The minimum Gasteiger partial charge on any atom is -0.309 e. The molecule has 1 rings (SSSR count). The van der Waals surface area contributed by atoms with Crippen LogP contribution in [0.3, 0.4) is 0 Å². The highest BCUT2D eigenvalue weighted by Crippen LogP contribution is 2.15. The number of nitrogens with zero attached hydrogens (tertiary/aromatic N) is 4. The zero-order valence-corrected chi connectivity index (χ0v) is 25.6. The molecule has 1 heterocycles. The maximum Gasteiger partial charge on any atom is 0.0530 e. The van der Waals surface area contributed by atoms with Crippen LogP contribution in [0.2, 0.25) is 0 Å². The first-order chi connectivity index (χ1) is 17.7. The van der Waals surface area contributed by atoms with Crippen molar-refractivity contribution in [2.24, 2.45) is 0 Å². The minimum absolute atomic E-state index is 1.18. The highest BCUT2D eigenvalue weighted by atomic mass is 15.5. The summed E-state index contributed by atoms with van der Waals surface area (Å²) in [4.78, 5) is 10.5. The molecule has 0 aromatic heterocycles. The van der Waals surface area contributed by atoms with E-state index in [0.717, 1.165) is 0 Å². The highest BCUT2D eigenvalue weighted by molar-refractivity contribution is 4.70. The van der Waals surface area contributed by atoms with Gasteiger partial charge in [-0.25, -0.2) is 0 Å². The van der Waals surface area contributed by atoms with Crippen molar-refractivity contribution in [3.8, 4) is 0 Å². The lowest BCUT2D eigenvalue weighted by Gasteiger charge is -2.42. The Morgan fingerprint density at radius 1 is 0.389 bits per heavy atom. The fraction of sp³-hybridized carbons (Fsp3) is 1.00. The standard InChI is InChI=1S/C32H68N4/c1-5-7-9-11-13-15-17-19-21-23-27-34-30-35(32-36(31-34)29-25-26-33(3)4)28-24-22-20-18-16-14-12-10-8-6-2/h5-32H2,1-4H3. The van der Waals surface area contributed by atoms with Crippen LogP contribution in [0.1, 0.15) is 149 Å². The second-order valence-corrected chi connectivity index (χ2v) is 12.1. The van der Waals surface area contributed by atoms with Gasteiger partial charge in [0.15, 0.2) is 0 Å². The molecule has 0 aromatic rings. The predicted molar refractivity (Wildman–Crippen MR) is 162 cm³/mol. The fourth-order valence-corrected chi connectivity index (χ4v) is 5.66. The molecule has 0 atom stereocenters. The Morgan fingerprint density at radius 2 is 0.667 bits per heavy atom. The minimum atomic E-state index is 1.18. The van der Waals surface area contributed by atoms with Gasteiger partial charge >= 0.3 is 0 Å². The number of hydrogen-bond donors (Lipinski definition) is 0. The van der Waals surface area contributed by atoms with Crippen LogP contribution in [0.15, 0.2) is 0 Å². The predicted octanol–water partition coefficient (Wildman–Crippen LogP) is 8.57. The lowest BCUT2D eigenvalue weighted by Crippen LogP contribution is -2.55. The summed E-state index contributed by atoms with van der Waals surface area (Å²) >= 11 is 0. The first-order valence-electron chi connectivity index (χ1n) is 16.5. The third-order valence-corrected chi connectivity index (χ3v) is 7.94. The average molecular weight is 509 g/mol. The lowest BCUT2D eigenvalue weighted by molar-refractivity contribution is -0.0314. The van der Waals surface area contributed by atoms with Crippen LogP contribution in [0, 0.1) is 0 Å². The van der Waals surface area contributed by atoms with E-state index in [0.29, 0.717) is 0 Å². The number of hydrogen-bond acceptors (Lipinski definition) is 4. The molecule has 1 saturated heterocycles. The van der Waals surface area contributed by atoms with Gasteiger partial charge in [-0.1, -0.05) is 129 Å². The quantitative estimate of drug-likeness (QED) is 0.108. The Kier molecular flexibility index (Phi) is 23.6. The molecule has 0 aromatic carbocycles. The SMILES string of the molecule is CCCCCCCCCCCCN1CN(CCCCCCCCCCCC)CN(CCCN(C)C)C1. The monoisotopic (exact) mass is 509 g/mol. The van der Waals surface area contributed by atoms with Crippen LogP contribution in [0.25, 0.3) is 0 Å². The van der Waals surface area contributed by atoms with Crippen LogP contribution in [0.4, 0.5) is 0 Å². The van der Waals surface area contributed by atoms with E-state index >= 15 is 0 Å². The molecule has 1 aliphatic rings. The summed E-state index contributed by atoms with van der Waals surface area (Å²) in [6, 6.07) is 0. The van der Waals surface area contributed by atoms with Crippen molar-refractivity contribution in [1.29, 1.82) is 0 Å². The van der Waals surface area contributed by atoms with Gasteiger partial charge in [0.25, 0.3) is 0 Å². The average Bonchev–Trinajstić information content (AvgIpc) is 2.86. The zero-order chi connectivity index (χ0) is 26.1. The van der Waals surface area contributed by atoms with E-state index in [2.05, 4.69) is 47.5 Å². The fourth-order valence-electron chi connectivity index (χ4n) is 5.66. The topological polar surface area (TPSA) is 13.0 Å². The Hall–Kier alpha value is -0.160. The van der Waals surface area contributed by atoms with E-state index < -0.39 is 0 Å². The molecule has 0 aliphatic carbocycles. The maximum absolute atomic E-state index is 2.74. The zero-order valence-electron chi connectivity index (χ0n) is 25.6. The molecule has 0 radical (unpaired) electrons. The van der Waals surface area contributed by atoms with Crippen LogP contribution in [-0.4, -0.2) is 79.9 Å².